The highest BCUT2D eigenvalue weighted by atomic mass is 35.5. The van der Waals surface area contributed by atoms with Crippen LogP contribution in [0.25, 0.3) is 0 Å². The van der Waals surface area contributed by atoms with Crippen LogP contribution in [0.2, 0.25) is 5.02 Å². The third-order valence-corrected chi connectivity index (χ3v) is 5.26. The molecule has 1 amide bonds. The number of halogens is 1. The maximum atomic E-state index is 11.6. The van der Waals surface area contributed by atoms with Gasteiger partial charge in [0, 0.05) is 6.54 Å². The molecule has 1 fully saturated rings. The molecule has 1 N–H and O–H groups in total. The number of carbonyl (C=O) groups is 1. The molecule has 2 rings (SSSR count). The van der Waals surface area contributed by atoms with Crippen LogP contribution in [0.5, 0.6) is 5.75 Å². The first-order valence-corrected chi connectivity index (χ1v) is 8.51. The van der Waals surface area contributed by atoms with Gasteiger partial charge in [-0.2, -0.15) is 0 Å². The van der Waals surface area contributed by atoms with Crippen LogP contribution in [0.1, 0.15) is 6.42 Å². The lowest BCUT2D eigenvalue weighted by Gasteiger charge is -2.11. The summed E-state index contributed by atoms with van der Waals surface area (Å²) in [5.74, 6) is 0.536. The highest BCUT2D eigenvalue weighted by Crippen LogP contribution is 2.22. The highest BCUT2D eigenvalue weighted by molar-refractivity contribution is 7.91. The van der Waals surface area contributed by atoms with E-state index in [1.807, 2.05) is 0 Å². The largest absolute Gasteiger partial charge is 0.482 e. The number of sulfone groups is 1. The van der Waals surface area contributed by atoms with Crippen LogP contribution in [-0.4, -0.2) is 39.0 Å². The van der Waals surface area contributed by atoms with Gasteiger partial charge in [-0.3, -0.25) is 4.79 Å². The van der Waals surface area contributed by atoms with Crippen molar-refractivity contribution in [3.63, 3.8) is 0 Å². The van der Waals surface area contributed by atoms with Crippen LogP contribution in [0, 0.1) is 5.92 Å². The molecule has 0 spiro atoms. The summed E-state index contributed by atoms with van der Waals surface area (Å²) in [6, 6.07) is 6.90. The first kappa shape index (κ1) is 15.1. The Kier molecular flexibility index (Phi) is 4.88. The molecule has 0 unspecified atom stereocenters. The molecule has 7 heteroatoms. The first-order chi connectivity index (χ1) is 9.46. The van der Waals surface area contributed by atoms with E-state index >= 15 is 0 Å². The third-order valence-electron chi connectivity index (χ3n) is 3.11. The summed E-state index contributed by atoms with van der Waals surface area (Å²) in [4.78, 5) is 11.6. The average molecular weight is 318 g/mol. The van der Waals surface area contributed by atoms with E-state index in [0.29, 0.717) is 23.7 Å². The van der Waals surface area contributed by atoms with Gasteiger partial charge in [0.15, 0.2) is 16.4 Å². The van der Waals surface area contributed by atoms with Gasteiger partial charge < -0.3 is 10.1 Å². The lowest BCUT2D eigenvalue weighted by Crippen LogP contribution is -2.33. The van der Waals surface area contributed by atoms with Crippen LogP contribution in [0.4, 0.5) is 0 Å². The van der Waals surface area contributed by atoms with Crippen molar-refractivity contribution in [2.24, 2.45) is 5.92 Å². The van der Waals surface area contributed by atoms with Gasteiger partial charge in [-0.25, -0.2) is 8.42 Å². The van der Waals surface area contributed by atoms with Crippen molar-refractivity contribution >= 4 is 27.3 Å². The predicted molar refractivity (Wildman–Crippen MR) is 76.7 cm³/mol. The van der Waals surface area contributed by atoms with Crippen molar-refractivity contribution < 1.29 is 17.9 Å². The minimum atomic E-state index is -2.90. The second-order valence-electron chi connectivity index (χ2n) is 4.79. The minimum absolute atomic E-state index is 0.00395. The Morgan fingerprint density at radius 3 is 2.80 bits per heavy atom. The molecule has 1 aromatic rings. The van der Waals surface area contributed by atoms with Crippen molar-refractivity contribution in [3.05, 3.63) is 29.3 Å². The van der Waals surface area contributed by atoms with Crippen LogP contribution >= 0.6 is 11.6 Å². The van der Waals surface area contributed by atoms with E-state index in [4.69, 9.17) is 16.3 Å². The topological polar surface area (TPSA) is 72.5 Å². The zero-order valence-electron chi connectivity index (χ0n) is 10.8. The van der Waals surface area contributed by atoms with Gasteiger partial charge in [0.1, 0.15) is 5.75 Å². The fraction of sp³-hybridized carbons (Fsp3) is 0.462. The molecule has 0 saturated carbocycles. The molecule has 0 aromatic heterocycles. The monoisotopic (exact) mass is 317 g/mol. The van der Waals surface area contributed by atoms with Crippen LogP contribution in [0.3, 0.4) is 0 Å². The number of para-hydroxylation sites is 1. The zero-order valence-corrected chi connectivity index (χ0v) is 12.4. The van der Waals surface area contributed by atoms with Crippen molar-refractivity contribution in [1.82, 2.24) is 5.32 Å². The lowest BCUT2D eigenvalue weighted by atomic mass is 10.1. The van der Waals surface area contributed by atoms with Crippen LogP contribution in [0.15, 0.2) is 24.3 Å². The van der Waals surface area contributed by atoms with Gasteiger partial charge in [-0.1, -0.05) is 23.7 Å². The highest BCUT2D eigenvalue weighted by Gasteiger charge is 2.27. The van der Waals surface area contributed by atoms with Crippen LogP contribution < -0.4 is 10.1 Å². The SMILES string of the molecule is O=C(COc1ccccc1Cl)NC[C@@H]1CCS(=O)(=O)C1. The summed E-state index contributed by atoms with van der Waals surface area (Å²) in [6.07, 6.45) is 0.605. The number of hydrogen-bond acceptors (Lipinski definition) is 4. The fourth-order valence-corrected chi connectivity index (χ4v) is 4.10. The zero-order chi connectivity index (χ0) is 14.6. The van der Waals surface area contributed by atoms with Crippen molar-refractivity contribution in [2.75, 3.05) is 24.7 Å². The van der Waals surface area contributed by atoms with Gasteiger partial charge in [0.2, 0.25) is 0 Å². The molecule has 20 heavy (non-hydrogen) atoms. The smallest absolute Gasteiger partial charge is 0.257 e. The number of benzene rings is 1. The Hall–Kier alpha value is -1.27. The summed E-state index contributed by atoms with van der Waals surface area (Å²) in [6.45, 7) is 0.229. The molecule has 110 valence electrons. The molecular weight excluding hydrogens is 302 g/mol. The van der Waals surface area contributed by atoms with Crippen LogP contribution in [-0.2, 0) is 14.6 Å². The molecule has 0 radical (unpaired) electrons. The van der Waals surface area contributed by atoms with Gasteiger partial charge in [0.25, 0.3) is 5.91 Å². The summed E-state index contributed by atoms with van der Waals surface area (Å²) in [5, 5.41) is 3.13. The molecule has 0 aliphatic carbocycles. The number of nitrogens with one attached hydrogen (secondary N) is 1. The average Bonchev–Trinajstić information content (AvgIpc) is 2.75. The molecule has 5 nitrogen and oxygen atoms in total. The standard InChI is InChI=1S/C13H16ClNO4S/c14-11-3-1-2-4-12(11)19-8-13(16)15-7-10-5-6-20(17,18)9-10/h1-4,10H,5-9H2,(H,15,16)/t10-/m0/s1. The van der Waals surface area contributed by atoms with E-state index in [0.717, 1.165) is 0 Å². The number of rotatable bonds is 5. The first-order valence-electron chi connectivity index (χ1n) is 6.31. The summed E-state index contributed by atoms with van der Waals surface area (Å²) < 4.78 is 27.9. The Morgan fingerprint density at radius 2 is 2.15 bits per heavy atom. The Labute approximate surface area is 123 Å². The second kappa shape index (κ2) is 6.45. The van der Waals surface area contributed by atoms with Gasteiger partial charge in [-0.15, -0.1) is 0 Å². The molecule has 1 heterocycles. The molecule has 1 saturated heterocycles. The Bertz CT molecular complexity index is 588. The number of carbonyl (C=O) groups excluding carboxylic acids is 1. The third kappa shape index (κ3) is 4.38. The van der Waals surface area contributed by atoms with Crippen molar-refractivity contribution in [1.29, 1.82) is 0 Å². The number of amides is 1. The molecule has 1 atom stereocenters. The minimum Gasteiger partial charge on any atom is -0.482 e. The van der Waals surface area contributed by atoms with Gasteiger partial charge in [0.05, 0.1) is 16.5 Å². The van der Waals surface area contributed by atoms with E-state index in [9.17, 15) is 13.2 Å². The molecule has 1 aromatic carbocycles. The van der Waals surface area contributed by atoms with Crippen molar-refractivity contribution in [3.8, 4) is 5.75 Å². The number of ether oxygens (including phenoxy) is 1. The Balaban J connectivity index is 1.73. The van der Waals surface area contributed by atoms with E-state index in [1.54, 1.807) is 24.3 Å². The quantitative estimate of drug-likeness (QED) is 0.887. The normalized spacial score (nSPS) is 20.6. The van der Waals surface area contributed by atoms with E-state index in [1.165, 1.54) is 0 Å². The lowest BCUT2D eigenvalue weighted by molar-refractivity contribution is -0.123. The molecule has 0 bridgehead atoms. The van der Waals surface area contributed by atoms with E-state index in [-0.39, 0.29) is 29.9 Å². The maximum absolute atomic E-state index is 11.6. The van der Waals surface area contributed by atoms with Gasteiger partial charge in [-0.05, 0) is 24.5 Å². The summed E-state index contributed by atoms with van der Waals surface area (Å²) in [7, 11) is -2.90. The fourth-order valence-electron chi connectivity index (χ4n) is 2.05. The predicted octanol–water partition coefficient (Wildman–Crippen LogP) is 1.27. The molecule has 1 aliphatic rings. The molecule has 1 aliphatic heterocycles. The molecular formula is C13H16ClNO4S. The summed E-state index contributed by atoms with van der Waals surface area (Å²) >= 11 is 5.90. The second-order valence-corrected chi connectivity index (χ2v) is 7.43. The summed E-state index contributed by atoms with van der Waals surface area (Å²) in [5.41, 5.74) is 0. The van der Waals surface area contributed by atoms with Crippen molar-refractivity contribution in [2.45, 2.75) is 6.42 Å². The maximum Gasteiger partial charge on any atom is 0.257 e. The number of hydrogen-bond donors (Lipinski definition) is 1. The van der Waals surface area contributed by atoms with E-state index < -0.39 is 9.84 Å². The Morgan fingerprint density at radius 1 is 1.40 bits per heavy atom. The van der Waals surface area contributed by atoms with Gasteiger partial charge >= 0.3 is 0 Å². The van der Waals surface area contributed by atoms with E-state index in [2.05, 4.69) is 5.32 Å².